The molecule has 2 N–H and O–H groups in total. The Balaban J connectivity index is 2.69. The molecule has 2 atom stereocenters. The molecule has 4 heteroatoms. The maximum absolute atomic E-state index is 9.81. The zero-order chi connectivity index (χ0) is 11.3. The van der Waals surface area contributed by atoms with Crippen molar-refractivity contribution in [2.24, 2.45) is 0 Å². The molecule has 0 aliphatic heterocycles. The molecule has 0 saturated heterocycles. The minimum atomic E-state index is -0.793. The fourth-order valence-electron chi connectivity index (χ4n) is 1.29. The molecule has 1 rings (SSSR count). The zero-order valence-electron chi connectivity index (χ0n) is 8.56. The minimum Gasteiger partial charge on any atom is -0.390 e. The molecule has 0 bridgehead atoms. The lowest BCUT2D eigenvalue weighted by Crippen LogP contribution is -2.18. The Bertz CT molecular complexity index is 289. The maximum Gasteiger partial charge on any atom is 0.105 e. The molecule has 2 unspecified atom stereocenters. The van der Waals surface area contributed by atoms with Crippen LogP contribution in [0.5, 0.6) is 0 Å². The van der Waals surface area contributed by atoms with E-state index in [0.717, 1.165) is 10.5 Å². The predicted molar refractivity (Wildman–Crippen MR) is 67.6 cm³/mol. The normalized spacial score (nSPS) is 14.9. The average molecular weight is 291 g/mol. The number of alkyl halides is 1. The van der Waals surface area contributed by atoms with E-state index in [2.05, 4.69) is 15.9 Å². The monoisotopic (exact) mass is 290 g/mol. The van der Waals surface area contributed by atoms with Crippen LogP contribution in [0.3, 0.4) is 0 Å². The van der Waals surface area contributed by atoms with Gasteiger partial charge in [0.05, 0.1) is 6.10 Å². The topological polar surface area (TPSA) is 40.5 Å². The molecule has 0 aromatic heterocycles. The maximum atomic E-state index is 9.81. The summed E-state index contributed by atoms with van der Waals surface area (Å²) in [5.41, 5.74) is 0.765. The largest absolute Gasteiger partial charge is 0.390 e. The molecule has 0 fully saturated rings. The number of thioether (sulfide) groups is 1. The highest BCUT2D eigenvalue weighted by Gasteiger charge is 2.17. The van der Waals surface area contributed by atoms with Gasteiger partial charge in [-0.05, 0) is 30.4 Å². The number of benzene rings is 1. The van der Waals surface area contributed by atoms with Crippen molar-refractivity contribution in [3.8, 4) is 0 Å². The van der Waals surface area contributed by atoms with E-state index in [1.165, 1.54) is 0 Å². The number of aliphatic hydroxyl groups is 2. The summed E-state index contributed by atoms with van der Waals surface area (Å²) in [7, 11) is 0. The van der Waals surface area contributed by atoms with Crippen LogP contribution in [0.4, 0.5) is 0 Å². The van der Waals surface area contributed by atoms with Gasteiger partial charge in [-0.1, -0.05) is 28.1 Å². The molecule has 15 heavy (non-hydrogen) atoms. The van der Waals surface area contributed by atoms with Gasteiger partial charge in [0.15, 0.2) is 0 Å². The Morgan fingerprint density at radius 1 is 1.27 bits per heavy atom. The van der Waals surface area contributed by atoms with Crippen molar-refractivity contribution in [2.75, 3.05) is 11.6 Å². The summed E-state index contributed by atoms with van der Waals surface area (Å²) in [6.45, 7) is 0. The van der Waals surface area contributed by atoms with Gasteiger partial charge in [0.25, 0.3) is 0 Å². The summed E-state index contributed by atoms with van der Waals surface area (Å²) in [4.78, 5) is 1.15. The van der Waals surface area contributed by atoms with E-state index in [0.29, 0.717) is 11.8 Å². The van der Waals surface area contributed by atoms with Crippen molar-refractivity contribution in [2.45, 2.75) is 23.5 Å². The van der Waals surface area contributed by atoms with Gasteiger partial charge in [-0.25, -0.2) is 0 Å². The molecular formula is C11H15BrO2S. The van der Waals surface area contributed by atoms with Gasteiger partial charge in [-0.2, -0.15) is 0 Å². The van der Waals surface area contributed by atoms with Crippen LogP contribution in [-0.4, -0.2) is 27.9 Å². The number of hydrogen-bond donors (Lipinski definition) is 2. The fourth-order valence-corrected chi connectivity index (χ4v) is 2.17. The molecule has 0 saturated carbocycles. The van der Waals surface area contributed by atoms with E-state index in [4.69, 9.17) is 0 Å². The average Bonchev–Trinajstić information content (AvgIpc) is 2.28. The first kappa shape index (κ1) is 13.0. The van der Waals surface area contributed by atoms with Crippen LogP contribution in [0.2, 0.25) is 0 Å². The number of halogens is 1. The molecule has 0 aliphatic rings. The van der Waals surface area contributed by atoms with Gasteiger partial charge in [-0.3, -0.25) is 0 Å². The second-order valence-corrected chi connectivity index (χ2v) is 4.94. The van der Waals surface area contributed by atoms with Gasteiger partial charge < -0.3 is 10.2 Å². The summed E-state index contributed by atoms with van der Waals surface area (Å²) < 4.78 is 0. The highest BCUT2D eigenvalue weighted by Crippen LogP contribution is 2.22. The van der Waals surface area contributed by atoms with Crippen molar-refractivity contribution >= 4 is 27.7 Å². The van der Waals surface area contributed by atoms with Crippen LogP contribution in [0.1, 0.15) is 18.1 Å². The van der Waals surface area contributed by atoms with E-state index in [1.807, 2.05) is 30.5 Å². The van der Waals surface area contributed by atoms with Gasteiger partial charge in [0, 0.05) is 10.2 Å². The lowest BCUT2D eigenvalue weighted by atomic mass is 10.0. The number of aliphatic hydroxyl groups excluding tert-OH is 2. The molecule has 0 radical (unpaired) electrons. The summed E-state index contributed by atoms with van der Waals surface area (Å²) >= 11 is 4.90. The number of rotatable bonds is 5. The predicted octanol–water partition coefficient (Wildman–Crippen LogP) is 2.59. The standard InChI is InChI=1S/C11H15BrO2S/c1-15-9-4-2-8(3-5-9)11(14)10(13)6-7-12/h2-5,10-11,13-14H,6-7H2,1H3. The highest BCUT2D eigenvalue weighted by atomic mass is 79.9. The van der Waals surface area contributed by atoms with E-state index in [9.17, 15) is 10.2 Å². The summed E-state index contributed by atoms with van der Waals surface area (Å²) in [5.74, 6) is 0. The third-order valence-electron chi connectivity index (χ3n) is 2.23. The van der Waals surface area contributed by atoms with Gasteiger partial charge in [0.1, 0.15) is 6.10 Å². The van der Waals surface area contributed by atoms with Gasteiger partial charge in [0.2, 0.25) is 0 Å². The molecule has 0 heterocycles. The van der Waals surface area contributed by atoms with E-state index >= 15 is 0 Å². The van der Waals surface area contributed by atoms with Crippen molar-refractivity contribution in [1.29, 1.82) is 0 Å². The Morgan fingerprint density at radius 3 is 2.33 bits per heavy atom. The second kappa shape index (κ2) is 6.53. The second-order valence-electron chi connectivity index (χ2n) is 3.26. The minimum absolute atomic E-state index is 0.547. The molecule has 0 amide bonds. The smallest absolute Gasteiger partial charge is 0.105 e. The first-order valence-corrected chi connectivity index (χ1v) is 7.09. The zero-order valence-corrected chi connectivity index (χ0v) is 11.0. The van der Waals surface area contributed by atoms with Crippen LogP contribution >= 0.6 is 27.7 Å². The first-order valence-electron chi connectivity index (χ1n) is 4.75. The Labute approximate surface area is 103 Å². The quantitative estimate of drug-likeness (QED) is 0.647. The van der Waals surface area contributed by atoms with Crippen LogP contribution < -0.4 is 0 Å². The molecule has 84 valence electrons. The van der Waals surface area contributed by atoms with E-state index < -0.39 is 12.2 Å². The summed E-state index contributed by atoms with van der Waals surface area (Å²) in [5, 5.41) is 20.1. The molecular weight excluding hydrogens is 276 g/mol. The molecule has 0 aliphatic carbocycles. The molecule has 0 spiro atoms. The van der Waals surface area contributed by atoms with Crippen LogP contribution in [-0.2, 0) is 0 Å². The van der Waals surface area contributed by atoms with Crippen LogP contribution in [0, 0.1) is 0 Å². The highest BCUT2D eigenvalue weighted by molar-refractivity contribution is 9.09. The fraction of sp³-hybridized carbons (Fsp3) is 0.455. The Kier molecular flexibility index (Phi) is 5.68. The summed E-state index contributed by atoms with van der Waals surface area (Å²) in [6.07, 6.45) is 1.05. The van der Waals surface area contributed by atoms with Crippen LogP contribution in [0.15, 0.2) is 29.2 Å². The van der Waals surface area contributed by atoms with Crippen molar-refractivity contribution in [3.63, 3.8) is 0 Å². The Hall–Kier alpha value is -0.0300. The third-order valence-corrected chi connectivity index (χ3v) is 3.43. The van der Waals surface area contributed by atoms with Crippen molar-refractivity contribution in [3.05, 3.63) is 29.8 Å². The van der Waals surface area contributed by atoms with E-state index in [-0.39, 0.29) is 0 Å². The lowest BCUT2D eigenvalue weighted by molar-refractivity contribution is 0.0173. The van der Waals surface area contributed by atoms with E-state index in [1.54, 1.807) is 11.8 Å². The molecule has 2 nitrogen and oxygen atoms in total. The van der Waals surface area contributed by atoms with Gasteiger partial charge >= 0.3 is 0 Å². The third kappa shape index (κ3) is 3.79. The summed E-state index contributed by atoms with van der Waals surface area (Å²) in [6, 6.07) is 7.61. The first-order chi connectivity index (χ1) is 7.19. The lowest BCUT2D eigenvalue weighted by Gasteiger charge is -2.17. The van der Waals surface area contributed by atoms with Crippen molar-refractivity contribution < 1.29 is 10.2 Å². The van der Waals surface area contributed by atoms with Crippen molar-refractivity contribution in [1.82, 2.24) is 0 Å². The SMILES string of the molecule is CSc1ccc(C(O)C(O)CCBr)cc1. The molecule has 1 aromatic rings. The van der Waals surface area contributed by atoms with Gasteiger partial charge in [-0.15, -0.1) is 11.8 Å². The number of hydrogen-bond acceptors (Lipinski definition) is 3. The Morgan fingerprint density at radius 2 is 1.87 bits per heavy atom. The van der Waals surface area contributed by atoms with Crippen LogP contribution in [0.25, 0.3) is 0 Å². The molecule has 1 aromatic carbocycles.